The van der Waals surface area contributed by atoms with Crippen LogP contribution in [0.1, 0.15) is 43.2 Å². The zero-order valence-corrected chi connectivity index (χ0v) is 13.0. The molecule has 1 aromatic carbocycles. The molecule has 0 radical (unpaired) electrons. The van der Waals surface area contributed by atoms with Crippen molar-refractivity contribution in [2.75, 3.05) is 24.5 Å². The molecule has 1 amide bonds. The number of anilines is 1. The fraction of sp³-hybridized carbons (Fsp3) is 0.611. The van der Waals surface area contributed by atoms with E-state index in [1.165, 1.54) is 29.7 Å². The fourth-order valence-corrected chi connectivity index (χ4v) is 3.73. The van der Waals surface area contributed by atoms with Crippen molar-refractivity contribution in [3.05, 3.63) is 29.3 Å². The highest BCUT2D eigenvalue weighted by atomic mass is 16.2. The first-order chi connectivity index (χ1) is 10.3. The van der Waals surface area contributed by atoms with Gasteiger partial charge in [-0.1, -0.05) is 18.2 Å². The first kappa shape index (κ1) is 14.6. The van der Waals surface area contributed by atoms with Crippen LogP contribution < -0.4 is 10.2 Å². The molecule has 1 saturated heterocycles. The normalized spacial score (nSPS) is 22.0. The first-order valence-corrected chi connectivity index (χ1v) is 8.35. The standard InChI is InChI=1S/C18H26N2O/c1-14-5-2-7-16-8-4-12-20(18(14)16)17(21)10-9-15-6-3-11-19-13-15/h2,5,7,15,19H,3-4,6,8-13H2,1H3. The zero-order valence-electron chi connectivity index (χ0n) is 13.0. The summed E-state index contributed by atoms with van der Waals surface area (Å²) < 4.78 is 0. The van der Waals surface area contributed by atoms with Crippen LogP contribution in [0.5, 0.6) is 0 Å². The van der Waals surface area contributed by atoms with Crippen LogP contribution in [0.25, 0.3) is 0 Å². The van der Waals surface area contributed by atoms with Crippen molar-refractivity contribution in [3.8, 4) is 0 Å². The number of piperidine rings is 1. The lowest BCUT2D eigenvalue weighted by atomic mass is 9.93. The number of amides is 1. The molecule has 2 aliphatic heterocycles. The molecule has 114 valence electrons. The Morgan fingerprint density at radius 1 is 1.38 bits per heavy atom. The molecule has 1 N–H and O–H groups in total. The van der Waals surface area contributed by atoms with E-state index in [2.05, 4.69) is 30.4 Å². The maximum atomic E-state index is 12.7. The second kappa shape index (κ2) is 6.61. The summed E-state index contributed by atoms with van der Waals surface area (Å²) in [5, 5.41) is 3.44. The second-order valence-electron chi connectivity index (χ2n) is 6.48. The Labute approximate surface area is 127 Å². The van der Waals surface area contributed by atoms with Gasteiger partial charge in [-0.15, -0.1) is 0 Å². The second-order valence-corrected chi connectivity index (χ2v) is 6.48. The number of carbonyl (C=O) groups excluding carboxylic acids is 1. The number of aryl methyl sites for hydroxylation is 2. The van der Waals surface area contributed by atoms with Crippen LogP contribution in [-0.4, -0.2) is 25.5 Å². The number of benzene rings is 1. The van der Waals surface area contributed by atoms with Gasteiger partial charge in [0.2, 0.25) is 5.91 Å². The lowest BCUT2D eigenvalue weighted by Gasteiger charge is -2.32. The summed E-state index contributed by atoms with van der Waals surface area (Å²) in [7, 11) is 0. The van der Waals surface area contributed by atoms with E-state index >= 15 is 0 Å². The number of hydrogen-bond acceptors (Lipinski definition) is 2. The number of carbonyl (C=O) groups is 1. The van der Waals surface area contributed by atoms with Crippen molar-refractivity contribution in [3.63, 3.8) is 0 Å². The highest BCUT2D eigenvalue weighted by Gasteiger charge is 2.24. The molecular weight excluding hydrogens is 260 g/mol. The third-order valence-corrected chi connectivity index (χ3v) is 4.89. The van der Waals surface area contributed by atoms with Crippen LogP contribution in [0.2, 0.25) is 0 Å². The van der Waals surface area contributed by atoms with Gasteiger partial charge in [-0.05, 0) is 69.2 Å². The minimum atomic E-state index is 0.316. The van der Waals surface area contributed by atoms with Gasteiger partial charge in [0.05, 0.1) is 0 Å². The first-order valence-electron chi connectivity index (χ1n) is 8.35. The smallest absolute Gasteiger partial charge is 0.227 e. The Morgan fingerprint density at radius 2 is 2.29 bits per heavy atom. The molecule has 1 unspecified atom stereocenters. The van der Waals surface area contributed by atoms with Crippen LogP contribution in [0.4, 0.5) is 5.69 Å². The minimum absolute atomic E-state index is 0.316. The molecule has 21 heavy (non-hydrogen) atoms. The molecule has 3 nitrogen and oxygen atoms in total. The predicted octanol–water partition coefficient (Wildman–Crippen LogP) is 3.05. The Balaban J connectivity index is 1.66. The molecule has 2 aliphatic rings. The third-order valence-electron chi connectivity index (χ3n) is 4.89. The summed E-state index contributed by atoms with van der Waals surface area (Å²) in [4.78, 5) is 14.7. The molecule has 3 rings (SSSR count). The Kier molecular flexibility index (Phi) is 4.59. The van der Waals surface area contributed by atoms with Crippen LogP contribution in [-0.2, 0) is 11.2 Å². The lowest BCUT2D eigenvalue weighted by molar-refractivity contribution is -0.119. The number of para-hydroxylation sites is 1. The highest BCUT2D eigenvalue weighted by Crippen LogP contribution is 2.31. The molecule has 0 aromatic heterocycles. The van der Waals surface area contributed by atoms with Gasteiger partial charge in [0.25, 0.3) is 0 Å². The summed E-state index contributed by atoms with van der Waals surface area (Å²) in [6, 6.07) is 6.40. The van der Waals surface area contributed by atoms with E-state index in [0.29, 0.717) is 18.2 Å². The molecule has 1 atom stereocenters. The van der Waals surface area contributed by atoms with Crippen molar-refractivity contribution in [2.45, 2.75) is 45.4 Å². The van der Waals surface area contributed by atoms with Gasteiger partial charge in [-0.2, -0.15) is 0 Å². The van der Waals surface area contributed by atoms with E-state index in [9.17, 15) is 4.79 Å². The van der Waals surface area contributed by atoms with Gasteiger partial charge in [-0.3, -0.25) is 4.79 Å². The number of nitrogens with zero attached hydrogens (tertiary/aromatic N) is 1. The summed E-state index contributed by atoms with van der Waals surface area (Å²) in [5.74, 6) is 1.000. The van der Waals surface area contributed by atoms with Crippen molar-refractivity contribution in [1.82, 2.24) is 5.32 Å². The van der Waals surface area contributed by atoms with Gasteiger partial charge < -0.3 is 10.2 Å². The monoisotopic (exact) mass is 286 g/mol. The molecule has 0 saturated carbocycles. The molecule has 3 heteroatoms. The SMILES string of the molecule is Cc1cccc2c1N(C(=O)CCC1CCCNC1)CCC2. The fourth-order valence-electron chi connectivity index (χ4n) is 3.73. The minimum Gasteiger partial charge on any atom is -0.316 e. The van der Waals surface area contributed by atoms with Crippen molar-refractivity contribution < 1.29 is 4.79 Å². The molecular formula is C18H26N2O. The topological polar surface area (TPSA) is 32.3 Å². The number of fused-ring (bicyclic) bond motifs is 1. The molecule has 0 spiro atoms. The van der Waals surface area contributed by atoms with Crippen LogP contribution >= 0.6 is 0 Å². The maximum Gasteiger partial charge on any atom is 0.227 e. The number of nitrogens with one attached hydrogen (secondary N) is 1. The van der Waals surface area contributed by atoms with Crippen LogP contribution in [0.3, 0.4) is 0 Å². The third kappa shape index (κ3) is 3.29. The molecule has 0 aliphatic carbocycles. The van der Waals surface area contributed by atoms with E-state index in [1.54, 1.807) is 0 Å². The van der Waals surface area contributed by atoms with E-state index in [4.69, 9.17) is 0 Å². The zero-order chi connectivity index (χ0) is 14.7. The van der Waals surface area contributed by atoms with Crippen molar-refractivity contribution in [2.24, 2.45) is 5.92 Å². The van der Waals surface area contributed by atoms with Gasteiger partial charge in [-0.25, -0.2) is 0 Å². The van der Waals surface area contributed by atoms with E-state index in [0.717, 1.165) is 38.9 Å². The van der Waals surface area contributed by atoms with Crippen molar-refractivity contribution >= 4 is 11.6 Å². The summed E-state index contributed by atoms with van der Waals surface area (Å²) in [6.07, 6.45) is 6.45. The lowest BCUT2D eigenvalue weighted by Crippen LogP contribution is -2.37. The highest BCUT2D eigenvalue weighted by molar-refractivity contribution is 5.95. The van der Waals surface area contributed by atoms with Crippen molar-refractivity contribution in [1.29, 1.82) is 0 Å². The van der Waals surface area contributed by atoms with Crippen LogP contribution in [0, 0.1) is 12.8 Å². The summed E-state index contributed by atoms with van der Waals surface area (Å²) in [5.41, 5.74) is 3.77. The summed E-state index contributed by atoms with van der Waals surface area (Å²) in [6.45, 7) is 5.24. The molecule has 1 aromatic rings. The quantitative estimate of drug-likeness (QED) is 0.926. The van der Waals surface area contributed by atoms with Gasteiger partial charge in [0.15, 0.2) is 0 Å². The van der Waals surface area contributed by atoms with Gasteiger partial charge >= 0.3 is 0 Å². The predicted molar refractivity (Wildman–Crippen MR) is 86.7 cm³/mol. The van der Waals surface area contributed by atoms with Gasteiger partial charge in [0.1, 0.15) is 0 Å². The average Bonchev–Trinajstić information content (AvgIpc) is 2.53. The molecule has 1 fully saturated rings. The maximum absolute atomic E-state index is 12.7. The Hall–Kier alpha value is -1.35. The average molecular weight is 286 g/mol. The van der Waals surface area contributed by atoms with E-state index in [1.807, 2.05) is 4.90 Å². The van der Waals surface area contributed by atoms with Gasteiger partial charge in [0, 0.05) is 18.7 Å². The summed E-state index contributed by atoms with van der Waals surface area (Å²) >= 11 is 0. The van der Waals surface area contributed by atoms with E-state index < -0.39 is 0 Å². The van der Waals surface area contributed by atoms with E-state index in [-0.39, 0.29) is 0 Å². The number of hydrogen-bond donors (Lipinski definition) is 1. The van der Waals surface area contributed by atoms with Crippen LogP contribution in [0.15, 0.2) is 18.2 Å². The molecule has 2 heterocycles. The Morgan fingerprint density at radius 3 is 3.10 bits per heavy atom. The molecule has 0 bridgehead atoms. The number of rotatable bonds is 3. The Bertz CT molecular complexity index is 506. The largest absolute Gasteiger partial charge is 0.316 e.